The predicted molar refractivity (Wildman–Crippen MR) is 32.8 cm³/mol. The molecule has 0 spiro atoms. The first kappa shape index (κ1) is 5.81. The van der Waals surface area contributed by atoms with Crippen LogP contribution in [0, 0.1) is 0 Å². The van der Waals surface area contributed by atoms with E-state index in [4.69, 9.17) is 10.3 Å². The summed E-state index contributed by atoms with van der Waals surface area (Å²) in [5, 5.41) is 20.2. The molecule has 0 unspecified atom stereocenters. The lowest BCUT2D eigenvalue weighted by molar-refractivity contribution is 0.191. The molecule has 4 nitrogen and oxygen atoms in total. The van der Waals surface area contributed by atoms with Crippen LogP contribution in [0.1, 0.15) is 0 Å². The Bertz CT molecular complexity index is 207. The molecule has 0 aliphatic carbocycles. The lowest BCUT2D eigenvalue weighted by Gasteiger charge is -1.95. The molecular weight excluding hydrogens is 120 g/mol. The fraction of sp³-hybridized carbons (Fsp3) is 0.200. The highest BCUT2D eigenvalue weighted by Gasteiger charge is 1.98. The van der Waals surface area contributed by atoms with Crippen molar-refractivity contribution in [1.82, 2.24) is 4.73 Å². The average molecular weight is 128 g/mol. The maximum Gasteiger partial charge on any atom is 0.145 e. The highest BCUT2D eigenvalue weighted by molar-refractivity contribution is 5.41. The van der Waals surface area contributed by atoms with E-state index in [1.807, 2.05) is 0 Å². The van der Waals surface area contributed by atoms with Crippen molar-refractivity contribution in [3.05, 3.63) is 12.3 Å². The third-order valence-electron chi connectivity index (χ3n) is 1.04. The highest BCUT2D eigenvalue weighted by atomic mass is 16.5. The first-order chi connectivity index (χ1) is 4.24. The molecule has 0 radical (unpaired) electrons. The van der Waals surface area contributed by atoms with Gasteiger partial charge in [-0.05, 0) is 0 Å². The lowest BCUT2D eigenvalue weighted by Crippen LogP contribution is -1.95. The van der Waals surface area contributed by atoms with E-state index >= 15 is 0 Å². The fourth-order valence-corrected chi connectivity index (χ4v) is 0.625. The van der Waals surface area contributed by atoms with Crippen LogP contribution in [-0.2, 0) is 0 Å². The molecule has 0 aliphatic rings. The third kappa shape index (κ3) is 0.910. The van der Waals surface area contributed by atoms with Gasteiger partial charge < -0.3 is 15.6 Å². The summed E-state index contributed by atoms with van der Waals surface area (Å²) in [6.07, 6.45) is 1.20. The van der Waals surface area contributed by atoms with Crippen molar-refractivity contribution >= 4 is 5.82 Å². The number of hydrogen-bond donors (Lipinski definition) is 3. The zero-order chi connectivity index (χ0) is 6.85. The van der Waals surface area contributed by atoms with Crippen molar-refractivity contribution < 1.29 is 10.3 Å². The average Bonchev–Trinajstić information content (AvgIpc) is 2.10. The molecule has 0 aromatic carbocycles. The Hall–Kier alpha value is -1.32. The zero-order valence-electron chi connectivity index (χ0n) is 5.00. The molecule has 0 aliphatic heterocycles. The molecule has 50 valence electrons. The second-order valence-electron chi connectivity index (χ2n) is 1.68. The predicted octanol–water partition coefficient (Wildman–Crippen LogP) is 0.473. The van der Waals surface area contributed by atoms with E-state index < -0.39 is 0 Å². The molecule has 9 heavy (non-hydrogen) atoms. The molecule has 0 atom stereocenters. The molecule has 0 fully saturated rings. The van der Waals surface area contributed by atoms with E-state index in [-0.39, 0.29) is 5.75 Å². The van der Waals surface area contributed by atoms with Gasteiger partial charge in [0.15, 0.2) is 0 Å². The van der Waals surface area contributed by atoms with Crippen LogP contribution in [-0.4, -0.2) is 22.1 Å². The van der Waals surface area contributed by atoms with Gasteiger partial charge in [0.2, 0.25) is 0 Å². The van der Waals surface area contributed by atoms with E-state index in [1.165, 1.54) is 12.3 Å². The van der Waals surface area contributed by atoms with Crippen LogP contribution in [0.5, 0.6) is 5.75 Å². The SMILES string of the molecule is CNc1cc(O)cn1O. The number of rotatable bonds is 1. The van der Waals surface area contributed by atoms with Crippen LogP contribution >= 0.6 is 0 Å². The van der Waals surface area contributed by atoms with Gasteiger partial charge in [0.25, 0.3) is 0 Å². The standard InChI is InChI=1S/C5H8N2O2/c1-6-5-2-4(8)3-7(5)9/h2-3,6,8-9H,1H3. The van der Waals surface area contributed by atoms with Gasteiger partial charge in [-0.3, -0.25) is 0 Å². The minimum Gasteiger partial charge on any atom is -0.506 e. The molecule has 0 saturated heterocycles. The van der Waals surface area contributed by atoms with Gasteiger partial charge >= 0.3 is 0 Å². The summed E-state index contributed by atoms with van der Waals surface area (Å²) in [5.41, 5.74) is 0. The topological polar surface area (TPSA) is 57.4 Å². The van der Waals surface area contributed by atoms with Crippen LogP contribution in [0.15, 0.2) is 12.3 Å². The summed E-state index contributed by atoms with van der Waals surface area (Å²) in [5.74, 6) is 0.509. The molecule has 0 saturated carbocycles. The van der Waals surface area contributed by atoms with Gasteiger partial charge in [0.1, 0.15) is 11.6 Å². The minimum atomic E-state index is 0.0434. The molecule has 1 aromatic heterocycles. The van der Waals surface area contributed by atoms with Crippen molar-refractivity contribution in [2.24, 2.45) is 0 Å². The highest BCUT2D eigenvalue weighted by Crippen LogP contribution is 2.15. The van der Waals surface area contributed by atoms with Gasteiger partial charge in [0.05, 0.1) is 6.20 Å². The fourth-order valence-electron chi connectivity index (χ4n) is 0.625. The maximum atomic E-state index is 8.83. The maximum absolute atomic E-state index is 8.83. The summed E-state index contributed by atoms with van der Waals surface area (Å²) in [6.45, 7) is 0. The Morgan fingerprint density at radius 3 is 2.56 bits per heavy atom. The summed E-state index contributed by atoms with van der Waals surface area (Å²) >= 11 is 0. The number of anilines is 1. The van der Waals surface area contributed by atoms with Crippen LogP contribution in [0.25, 0.3) is 0 Å². The van der Waals surface area contributed by atoms with Crippen molar-refractivity contribution in [3.8, 4) is 5.75 Å². The third-order valence-corrected chi connectivity index (χ3v) is 1.04. The smallest absolute Gasteiger partial charge is 0.145 e. The minimum absolute atomic E-state index is 0.0434. The Balaban J connectivity index is 3.01. The normalized spacial score (nSPS) is 9.44. The van der Waals surface area contributed by atoms with E-state index in [2.05, 4.69) is 5.32 Å². The number of nitrogens with one attached hydrogen (secondary N) is 1. The largest absolute Gasteiger partial charge is 0.506 e. The number of aromatic hydroxyl groups is 1. The summed E-state index contributed by atoms with van der Waals surface area (Å²) in [6, 6.07) is 1.42. The van der Waals surface area contributed by atoms with Crippen molar-refractivity contribution in [1.29, 1.82) is 0 Å². The van der Waals surface area contributed by atoms with Gasteiger partial charge in [-0.15, -0.1) is 0 Å². The monoisotopic (exact) mass is 128 g/mol. The molecule has 1 aromatic rings. The number of nitrogens with zero attached hydrogens (tertiary/aromatic N) is 1. The second-order valence-corrected chi connectivity index (χ2v) is 1.68. The molecular formula is C5H8N2O2. The molecule has 4 heteroatoms. The Morgan fingerprint density at radius 2 is 2.33 bits per heavy atom. The van der Waals surface area contributed by atoms with Crippen LogP contribution in [0.2, 0.25) is 0 Å². The molecule has 3 N–H and O–H groups in total. The summed E-state index contributed by atoms with van der Waals surface area (Å²) < 4.78 is 0.815. The summed E-state index contributed by atoms with van der Waals surface area (Å²) in [4.78, 5) is 0. The van der Waals surface area contributed by atoms with E-state index in [1.54, 1.807) is 7.05 Å². The van der Waals surface area contributed by atoms with E-state index in [0.29, 0.717) is 5.82 Å². The van der Waals surface area contributed by atoms with Crippen molar-refractivity contribution in [3.63, 3.8) is 0 Å². The molecule has 0 amide bonds. The molecule has 1 rings (SSSR count). The van der Waals surface area contributed by atoms with Gasteiger partial charge in [0, 0.05) is 13.1 Å². The Labute approximate surface area is 52.3 Å². The Kier molecular flexibility index (Phi) is 1.22. The van der Waals surface area contributed by atoms with E-state index in [9.17, 15) is 0 Å². The second kappa shape index (κ2) is 1.89. The Morgan fingerprint density at radius 1 is 1.67 bits per heavy atom. The van der Waals surface area contributed by atoms with E-state index in [0.717, 1.165) is 4.73 Å². The first-order valence-corrected chi connectivity index (χ1v) is 2.52. The van der Waals surface area contributed by atoms with Gasteiger partial charge in [-0.1, -0.05) is 0 Å². The summed E-state index contributed by atoms with van der Waals surface area (Å²) in [7, 11) is 1.65. The zero-order valence-corrected chi connectivity index (χ0v) is 5.00. The quantitative estimate of drug-likeness (QED) is 0.482. The first-order valence-electron chi connectivity index (χ1n) is 2.52. The van der Waals surface area contributed by atoms with Crippen molar-refractivity contribution in [2.45, 2.75) is 0 Å². The lowest BCUT2D eigenvalue weighted by atomic mass is 10.6. The van der Waals surface area contributed by atoms with Crippen LogP contribution in [0.3, 0.4) is 0 Å². The van der Waals surface area contributed by atoms with Gasteiger partial charge in [-0.25, -0.2) is 0 Å². The number of aromatic nitrogens is 1. The van der Waals surface area contributed by atoms with Crippen molar-refractivity contribution in [2.75, 3.05) is 12.4 Å². The molecule has 1 heterocycles. The van der Waals surface area contributed by atoms with Crippen LogP contribution in [0.4, 0.5) is 5.82 Å². The van der Waals surface area contributed by atoms with Gasteiger partial charge in [-0.2, -0.15) is 4.73 Å². The molecule has 0 bridgehead atoms. The van der Waals surface area contributed by atoms with Crippen LogP contribution < -0.4 is 5.32 Å². The number of hydrogen-bond acceptors (Lipinski definition) is 3.